The molecule has 0 aromatic heterocycles. The van der Waals surface area contributed by atoms with Crippen LogP contribution < -0.4 is 5.32 Å². The molecule has 2 atom stereocenters. The Hall–Kier alpha value is -2.14. The van der Waals surface area contributed by atoms with Gasteiger partial charge < -0.3 is 15.0 Å². The summed E-state index contributed by atoms with van der Waals surface area (Å²) in [5.74, 6) is -0.499. The molecule has 0 bridgehead atoms. The molecule has 124 valence electrons. The molecule has 1 aliphatic heterocycles. The van der Waals surface area contributed by atoms with Crippen LogP contribution in [0.4, 0.5) is 0 Å². The van der Waals surface area contributed by atoms with E-state index in [9.17, 15) is 9.59 Å². The molecule has 1 aromatic rings. The molecule has 1 aliphatic rings. The second kappa shape index (κ2) is 7.92. The minimum atomic E-state index is -0.389. The monoisotopic (exact) mass is 316 g/mol. The number of hydrogen-bond acceptors (Lipinski definition) is 3. The Morgan fingerprint density at radius 2 is 2.22 bits per heavy atom. The number of amides is 2. The van der Waals surface area contributed by atoms with Gasteiger partial charge in [0.1, 0.15) is 0 Å². The summed E-state index contributed by atoms with van der Waals surface area (Å²) in [6.45, 7) is 6.96. The number of hydrogen-bond donors (Lipinski definition) is 1. The van der Waals surface area contributed by atoms with Gasteiger partial charge in [0.15, 0.2) is 0 Å². The van der Waals surface area contributed by atoms with Crippen molar-refractivity contribution in [3.8, 4) is 0 Å². The maximum Gasteiger partial charge on any atom is 0.226 e. The number of benzene rings is 1. The number of carbonyl (C=O) groups excluding carboxylic acids is 2. The van der Waals surface area contributed by atoms with E-state index in [-0.39, 0.29) is 30.2 Å². The second-order valence-corrected chi connectivity index (χ2v) is 5.73. The SMILES string of the molecule is C=CCNC(=O)[C@@H]1CC(=O)N(CCOC)[C@H]1c1ccccc1C. The Kier molecular flexibility index (Phi) is 5.93. The molecule has 1 saturated heterocycles. The molecule has 5 heteroatoms. The third kappa shape index (κ3) is 3.79. The zero-order valence-corrected chi connectivity index (χ0v) is 13.7. The van der Waals surface area contributed by atoms with Gasteiger partial charge in [-0.1, -0.05) is 30.3 Å². The van der Waals surface area contributed by atoms with Crippen molar-refractivity contribution in [2.75, 3.05) is 26.8 Å². The highest BCUT2D eigenvalue weighted by Gasteiger charge is 2.44. The Balaban J connectivity index is 2.33. The van der Waals surface area contributed by atoms with Crippen molar-refractivity contribution in [3.05, 3.63) is 48.0 Å². The first-order valence-corrected chi connectivity index (χ1v) is 7.82. The van der Waals surface area contributed by atoms with E-state index in [4.69, 9.17) is 4.74 Å². The highest BCUT2D eigenvalue weighted by Crippen LogP contribution is 2.39. The van der Waals surface area contributed by atoms with E-state index in [1.807, 2.05) is 31.2 Å². The predicted octanol–water partition coefficient (Wildman–Crippen LogP) is 1.83. The summed E-state index contributed by atoms with van der Waals surface area (Å²) >= 11 is 0. The Morgan fingerprint density at radius 3 is 2.87 bits per heavy atom. The first-order valence-electron chi connectivity index (χ1n) is 7.82. The van der Waals surface area contributed by atoms with Crippen molar-refractivity contribution in [1.29, 1.82) is 0 Å². The lowest BCUT2D eigenvalue weighted by molar-refractivity contribution is -0.129. The number of ether oxygens (including phenoxy) is 1. The fourth-order valence-corrected chi connectivity index (χ4v) is 3.09. The largest absolute Gasteiger partial charge is 0.383 e. The third-order valence-electron chi connectivity index (χ3n) is 4.23. The van der Waals surface area contributed by atoms with Crippen LogP contribution in [0.5, 0.6) is 0 Å². The topological polar surface area (TPSA) is 58.6 Å². The van der Waals surface area contributed by atoms with E-state index in [0.717, 1.165) is 11.1 Å². The second-order valence-electron chi connectivity index (χ2n) is 5.73. The first kappa shape index (κ1) is 17.2. The molecule has 0 radical (unpaired) electrons. The van der Waals surface area contributed by atoms with Crippen LogP contribution in [0.25, 0.3) is 0 Å². The molecule has 2 rings (SSSR count). The lowest BCUT2D eigenvalue weighted by atomic mass is 9.90. The number of carbonyl (C=O) groups is 2. The summed E-state index contributed by atoms with van der Waals surface area (Å²) in [4.78, 5) is 26.7. The van der Waals surface area contributed by atoms with Crippen molar-refractivity contribution >= 4 is 11.8 Å². The molecule has 0 saturated carbocycles. The number of likely N-dealkylation sites (tertiary alicyclic amines) is 1. The zero-order valence-electron chi connectivity index (χ0n) is 13.7. The molecule has 0 spiro atoms. The summed E-state index contributed by atoms with van der Waals surface area (Å²) in [5.41, 5.74) is 2.10. The quantitative estimate of drug-likeness (QED) is 0.781. The molecular formula is C18H24N2O3. The van der Waals surface area contributed by atoms with E-state index in [2.05, 4.69) is 11.9 Å². The van der Waals surface area contributed by atoms with Crippen LogP contribution in [-0.2, 0) is 14.3 Å². The standard InChI is InChI=1S/C18H24N2O3/c1-4-9-19-18(22)15-12-16(21)20(10-11-23-3)17(15)14-8-6-5-7-13(14)2/h4-8,15,17H,1,9-12H2,2-3H3,(H,19,22)/t15-,17+/m1/s1. The maximum atomic E-state index is 12.5. The number of nitrogens with one attached hydrogen (secondary N) is 1. The van der Waals surface area contributed by atoms with Gasteiger partial charge in [-0.05, 0) is 18.1 Å². The predicted molar refractivity (Wildman–Crippen MR) is 88.8 cm³/mol. The average molecular weight is 316 g/mol. The number of methoxy groups -OCH3 is 1. The molecular weight excluding hydrogens is 292 g/mol. The summed E-state index contributed by atoms with van der Waals surface area (Å²) in [6, 6.07) is 7.65. The van der Waals surface area contributed by atoms with Crippen LogP contribution in [0.1, 0.15) is 23.6 Å². The highest BCUT2D eigenvalue weighted by atomic mass is 16.5. The number of rotatable bonds is 7. The molecule has 0 aliphatic carbocycles. The third-order valence-corrected chi connectivity index (χ3v) is 4.23. The molecule has 2 amide bonds. The van der Waals surface area contributed by atoms with Crippen molar-refractivity contribution in [3.63, 3.8) is 0 Å². The van der Waals surface area contributed by atoms with Gasteiger partial charge in [-0.2, -0.15) is 0 Å². The van der Waals surface area contributed by atoms with Gasteiger partial charge in [0.25, 0.3) is 0 Å². The van der Waals surface area contributed by atoms with Crippen LogP contribution in [0.3, 0.4) is 0 Å². The average Bonchev–Trinajstić information content (AvgIpc) is 2.87. The molecule has 1 heterocycles. The fourth-order valence-electron chi connectivity index (χ4n) is 3.09. The molecule has 0 unspecified atom stereocenters. The summed E-state index contributed by atoms with van der Waals surface area (Å²) < 4.78 is 5.12. The lowest BCUT2D eigenvalue weighted by Gasteiger charge is -2.29. The molecule has 1 N–H and O–H groups in total. The van der Waals surface area contributed by atoms with Crippen LogP contribution in [0, 0.1) is 12.8 Å². The first-order chi connectivity index (χ1) is 11.1. The van der Waals surface area contributed by atoms with E-state index in [0.29, 0.717) is 19.7 Å². The molecule has 23 heavy (non-hydrogen) atoms. The zero-order chi connectivity index (χ0) is 16.8. The normalized spacial score (nSPS) is 20.6. The van der Waals surface area contributed by atoms with Gasteiger partial charge in [-0.3, -0.25) is 9.59 Å². The minimum Gasteiger partial charge on any atom is -0.383 e. The summed E-state index contributed by atoms with van der Waals surface area (Å²) in [7, 11) is 1.61. The van der Waals surface area contributed by atoms with Crippen molar-refractivity contribution in [2.45, 2.75) is 19.4 Å². The van der Waals surface area contributed by atoms with Gasteiger partial charge in [0.2, 0.25) is 11.8 Å². The summed E-state index contributed by atoms with van der Waals surface area (Å²) in [6.07, 6.45) is 1.87. The smallest absolute Gasteiger partial charge is 0.226 e. The molecule has 1 aromatic carbocycles. The van der Waals surface area contributed by atoms with Crippen LogP contribution in [0.2, 0.25) is 0 Å². The fraction of sp³-hybridized carbons (Fsp3) is 0.444. The van der Waals surface area contributed by atoms with Gasteiger partial charge in [-0.25, -0.2) is 0 Å². The Bertz CT molecular complexity index is 585. The highest BCUT2D eigenvalue weighted by molar-refractivity contribution is 5.90. The van der Waals surface area contributed by atoms with E-state index >= 15 is 0 Å². The van der Waals surface area contributed by atoms with Crippen LogP contribution in [0.15, 0.2) is 36.9 Å². The van der Waals surface area contributed by atoms with Gasteiger partial charge >= 0.3 is 0 Å². The molecule has 1 fully saturated rings. The number of aryl methyl sites for hydroxylation is 1. The maximum absolute atomic E-state index is 12.5. The van der Waals surface area contributed by atoms with Crippen LogP contribution in [-0.4, -0.2) is 43.5 Å². The van der Waals surface area contributed by atoms with E-state index in [1.165, 1.54) is 0 Å². The van der Waals surface area contributed by atoms with Gasteiger partial charge in [-0.15, -0.1) is 6.58 Å². The summed E-state index contributed by atoms with van der Waals surface area (Å²) in [5, 5.41) is 2.82. The van der Waals surface area contributed by atoms with Gasteiger partial charge in [0.05, 0.1) is 18.6 Å². The van der Waals surface area contributed by atoms with Crippen molar-refractivity contribution in [2.24, 2.45) is 5.92 Å². The van der Waals surface area contributed by atoms with Crippen molar-refractivity contribution in [1.82, 2.24) is 10.2 Å². The lowest BCUT2D eigenvalue weighted by Crippen LogP contribution is -2.37. The molecule has 5 nitrogen and oxygen atoms in total. The van der Waals surface area contributed by atoms with Crippen molar-refractivity contribution < 1.29 is 14.3 Å². The Labute approximate surface area is 137 Å². The van der Waals surface area contributed by atoms with Gasteiger partial charge in [0, 0.05) is 26.6 Å². The van der Waals surface area contributed by atoms with E-state index in [1.54, 1.807) is 18.1 Å². The number of nitrogens with zero attached hydrogens (tertiary/aromatic N) is 1. The minimum absolute atomic E-state index is 0.00550. The van der Waals surface area contributed by atoms with Crippen LogP contribution >= 0.6 is 0 Å². The van der Waals surface area contributed by atoms with E-state index < -0.39 is 0 Å². The Morgan fingerprint density at radius 1 is 1.48 bits per heavy atom.